The van der Waals surface area contributed by atoms with Crippen LogP contribution in [0, 0.1) is 5.92 Å². The lowest BCUT2D eigenvalue weighted by atomic mass is 9.92. The molecule has 0 unspecified atom stereocenters. The van der Waals surface area contributed by atoms with Crippen LogP contribution in [0.15, 0.2) is 0 Å². The zero-order valence-electron chi connectivity index (χ0n) is 14.6. The Kier molecular flexibility index (Phi) is 6.98. The van der Waals surface area contributed by atoms with E-state index in [1.54, 1.807) is 0 Å². The van der Waals surface area contributed by atoms with Crippen LogP contribution in [0.1, 0.15) is 73.1 Å². The molecule has 1 amide bonds. The smallest absolute Gasteiger partial charge is 0.408 e. The van der Waals surface area contributed by atoms with E-state index in [4.69, 9.17) is 4.74 Å². The lowest BCUT2D eigenvalue weighted by Crippen LogP contribution is -2.55. The van der Waals surface area contributed by atoms with Gasteiger partial charge >= 0.3 is 6.09 Å². The number of hydrogen-bond acceptors (Lipinski definition) is 3. The number of rotatable bonds is 7. The maximum atomic E-state index is 12.1. The lowest BCUT2D eigenvalue weighted by molar-refractivity contribution is 0.0445. The van der Waals surface area contributed by atoms with Gasteiger partial charge < -0.3 is 15.4 Å². The van der Waals surface area contributed by atoms with Crippen molar-refractivity contribution in [2.24, 2.45) is 5.92 Å². The van der Waals surface area contributed by atoms with Crippen LogP contribution in [-0.2, 0) is 4.74 Å². The van der Waals surface area contributed by atoms with Gasteiger partial charge in [-0.3, -0.25) is 0 Å². The Labute approximate surface area is 130 Å². The van der Waals surface area contributed by atoms with Gasteiger partial charge in [0.05, 0.1) is 5.54 Å². The van der Waals surface area contributed by atoms with E-state index in [1.807, 2.05) is 20.8 Å². The monoisotopic (exact) mass is 298 g/mol. The fourth-order valence-corrected chi connectivity index (χ4v) is 2.97. The summed E-state index contributed by atoms with van der Waals surface area (Å²) in [6.07, 6.45) is 6.93. The molecule has 1 aliphatic carbocycles. The van der Waals surface area contributed by atoms with Crippen molar-refractivity contribution in [2.75, 3.05) is 13.1 Å². The predicted molar refractivity (Wildman–Crippen MR) is 87.5 cm³/mol. The van der Waals surface area contributed by atoms with Crippen LogP contribution in [0.5, 0.6) is 0 Å². The molecule has 1 rings (SSSR count). The van der Waals surface area contributed by atoms with Crippen LogP contribution in [0.25, 0.3) is 0 Å². The first kappa shape index (κ1) is 18.3. The minimum absolute atomic E-state index is 0.207. The molecule has 0 bridgehead atoms. The third-order valence-electron chi connectivity index (χ3n) is 4.49. The summed E-state index contributed by atoms with van der Waals surface area (Å²) in [4.78, 5) is 12.1. The van der Waals surface area contributed by atoms with Gasteiger partial charge in [0.15, 0.2) is 0 Å². The Morgan fingerprint density at radius 3 is 2.19 bits per heavy atom. The molecule has 0 heterocycles. The highest BCUT2D eigenvalue weighted by molar-refractivity contribution is 5.68. The van der Waals surface area contributed by atoms with Gasteiger partial charge in [0.2, 0.25) is 0 Å². The maximum Gasteiger partial charge on any atom is 0.408 e. The van der Waals surface area contributed by atoms with Crippen LogP contribution in [0.3, 0.4) is 0 Å². The van der Waals surface area contributed by atoms with Gasteiger partial charge in [0.25, 0.3) is 0 Å². The summed E-state index contributed by atoms with van der Waals surface area (Å²) < 4.78 is 5.40. The molecule has 0 spiro atoms. The minimum atomic E-state index is -0.450. The number of nitrogens with one attached hydrogen (secondary N) is 2. The molecule has 124 valence electrons. The van der Waals surface area contributed by atoms with E-state index >= 15 is 0 Å². The Morgan fingerprint density at radius 1 is 1.14 bits per heavy atom. The molecule has 0 atom stereocenters. The van der Waals surface area contributed by atoms with E-state index in [1.165, 1.54) is 25.7 Å². The molecular weight excluding hydrogens is 264 g/mol. The lowest BCUT2D eigenvalue weighted by Gasteiger charge is -2.34. The van der Waals surface area contributed by atoms with Gasteiger partial charge in [-0.2, -0.15) is 0 Å². The van der Waals surface area contributed by atoms with Crippen LogP contribution in [-0.4, -0.2) is 30.3 Å². The molecule has 0 aromatic carbocycles. The maximum absolute atomic E-state index is 12.1. The van der Waals surface area contributed by atoms with Crippen LogP contribution < -0.4 is 10.6 Å². The highest BCUT2D eigenvalue weighted by Gasteiger charge is 2.30. The average Bonchev–Trinajstić information content (AvgIpc) is 2.88. The van der Waals surface area contributed by atoms with Crippen LogP contribution in [0.2, 0.25) is 0 Å². The second-order valence-corrected chi connectivity index (χ2v) is 7.40. The molecule has 0 aliphatic heterocycles. The number of carbonyl (C=O) groups excluding carboxylic acids is 1. The van der Waals surface area contributed by atoms with Crippen molar-refractivity contribution in [3.05, 3.63) is 0 Å². The SMILES string of the molecule is CCC(CC)(CNCC1CCCC1)NC(=O)OC(C)(C)C. The van der Waals surface area contributed by atoms with E-state index in [0.717, 1.165) is 31.8 Å². The zero-order chi connectivity index (χ0) is 15.9. The normalized spacial score (nSPS) is 17.0. The first-order chi connectivity index (χ1) is 9.80. The van der Waals surface area contributed by atoms with Gasteiger partial charge in [0.1, 0.15) is 5.60 Å². The summed E-state index contributed by atoms with van der Waals surface area (Å²) in [5.41, 5.74) is -0.657. The average molecular weight is 298 g/mol. The summed E-state index contributed by atoms with van der Waals surface area (Å²) in [6, 6.07) is 0. The van der Waals surface area contributed by atoms with E-state index in [9.17, 15) is 4.79 Å². The summed E-state index contributed by atoms with van der Waals surface area (Å²) in [6.45, 7) is 11.8. The second-order valence-electron chi connectivity index (χ2n) is 7.40. The number of hydrogen-bond donors (Lipinski definition) is 2. The first-order valence-electron chi connectivity index (χ1n) is 8.52. The van der Waals surface area contributed by atoms with Gasteiger partial charge in [0, 0.05) is 6.54 Å². The summed E-state index contributed by atoms with van der Waals surface area (Å²) in [5.74, 6) is 0.818. The van der Waals surface area contributed by atoms with Crippen molar-refractivity contribution in [1.82, 2.24) is 10.6 Å². The fraction of sp³-hybridized carbons (Fsp3) is 0.941. The molecular formula is C17H34N2O2. The Balaban J connectivity index is 2.46. The molecule has 21 heavy (non-hydrogen) atoms. The van der Waals surface area contributed by atoms with E-state index in [0.29, 0.717) is 0 Å². The molecule has 0 radical (unpaired) electrons. The summed E-state index contributed by atoms with van der Waals surface area (Å²) in [7, 11) is 0. The van der Waals surface area contributed by atoms with Crippen molar-refractivity contribution >= 4 is 6.09 Å². The molecule has 1 aliphatic rings. The van der Waals surface area contributed by atoms with Gasteiger partial charge in [-0.15, -0.1) is 0 Å². The van der Waals surface area contributed by atoms with Crippen molar-refractivity contribution in [1.29, 1.82) is 0 Å². The van der Waals surface area contributed by atoms with Crippen molar-refractivity contribution in [3.63, 3.8) is 0 Å². The summed E-state index contributed by atoms with van der Waals surface area (Å²) >= 11 is 0. The highest BCUT2D eigenvalue weighted by Crippen LogP contribution is 2.24. The van der Waals surface area contributed by atoms with Crippen molar-refractivity contribution in [2.45, 2.75) is 84.3 Å². The Morgan fingerprint density at radius 2 is 1.71 bits per heavy atom. The quantitative estimate of drug-likeness (QED) is 0.750. The topological polar surface area (TPSA) is 50.4 Å². The van der Waals surface area contributed by atoms with Crippen molar-refractivity contribution in [3.8, 4) is 0 Å². The molecule has 4 nitrogen and oxygen atoms in total. The van der Waals surface area contributed by atoms with Gasteiger partial charge in [-0.05, 0) is 58.9 Å². The third-order valence-corrected chi connectivity index (χ3v) is 4.49. The molecule has 1 fully saturated rings. The summed E-state index contributed by atoms with van der Waals surface area (Å²) in [5, 5.41) is 6.66. The van der Waals surface area contributed by atoms with Crippen LogP contribution >= 0.6 is 0 Å². The van der Waals surface area contributed by atoms with Crippen molar-refractivity contribution < 1.29 is 9.53 Å². The standard InChI is InChI=1S/C17H34N2O2/c1-6-17(7-2,19-15(20)21-16(3,4)5)13-18-12-14-10-8-9-11-14/h14,18H,6-13H2,1-5H3,(H,19,20). The van der Waals surface area contributed by atoms with Gasteiger partial charge in [-0.1, -0.05) is 26.7 Å². The molecule has 1 saturated carbocycles. The van der Waals surface area contributed by atoms with E-state index in [2.05, 4.69) is 24.5 Å². The predicted octanol–water partition coefficient (Wildman–Crippen LogP) is 3.85. The highest BCUT2D eigenvalue weighted by atomic mass is 16.6. The fourth-order valence-electron chi connectivity index (χ4n) is 2.97. The third kappa shape index (κ3) is 6.68. The molecule has 0 aromatic heterocycles. The number of carbonyl (C=O) groups is 1. The number of alkyl carbamates (subject to hydrolysis) is 1. The molecule has 0 saturated heterocycles. The molecule has 2 N–H and O–H groups in total. The second kappa shape index (κ2) is 8.02. The number of amides is 1. The molecule has 4 heteroatoms. The molecule has 0 aromatic rings. The Hall–Kier alpha value is -0.770. The minimum Gasteiger partial charge on any atom is -0.444 e. The number of ether oxygens (including phenoxy) is 1. The van der Waals surface area contributed by atoms with Crippen LogP contribution in [0.4, 0.5) is 4.79 Å². The van der Waals surface area contributed by atoms with Gasteiger partial charge in [-0.25, -0.2) is 4.79 Å². The van der Waals surface area contributed by atoms with E-state index < -0.39 is 5.60 Å². The largest absolute Gasteiger partial charge is 0.444 e. The van der Waals surface area contributed by atoms with E-state index in [-0.39, 0.29) is 11.6 Å². The zero-order valence-corrected chi connectivity index (χ0v) is 14.6. The first-order valence-corrected chi connectivity index (χ1v) is 8.52. The Bertz CT molecular complexity index is 313.